The Morgan fingerprint density at radius 1 is 0.921 bits per heavy atom. The number of amides is 2. The highest BCUT2D eigenvalue weighted by Crippen LogP contribution is 2.20. The van der Waals surface area contributed by atoms with Crippen molar-refractivity contribution in [2.45, 2.75) is 6.42 Å². The summed E-state index contributed by atoms with van der Waals surface area (Å²) in [5, 5.41) is 19.1. The van der Waals surface area contributed by atoms with Crippen LogP contribution in [0.2, 0.25) is 0 Å². The number of morpholine rings is 1. The SMILES string of the molecule is N#Cc1cccc(CC(=O)Nc2cnn(-c3cccc(C(=O)Nc4ccc(N5CCOCC5)cc4)c3)c2)c1. The summed E-state index contributed by atoms with van der Waals surface area (Å²) in [7, 11) is 0. The van der Waals surface area contributed by atoms with Gasteiger partial charge in [0, 0.05) is 30.0 Å². The van der Waals surface area contributed by atoms with E-state index in [1.54, 1.807) is 59.5 Å². The molecule has 9 nitrogen and oxygen atoms in total. The Morgan fingerprint density at radius 2 is 1.71 bits per heavy atom. The molecule has 0 unspecified atom stereocenters. The molecule has 0 radical (unpaired) electrons. The maximum absolute atomic E-state index is 12.9. The van der Waals surface area contributed by atoms with Crippen LogP contribution in [0.3, 0.4) is 0 Å². The third-order valence-corrected chi connectivity index (χ3v) is 6.16. The van der Waals surface area contributed by atoms with Crippen LogP contribution in [-0.4, -0.2) is 47.9 Å². The van der Waals surface area contributed by atoms with Gasteiger partial charge in [-0.2, -0.15) is 10.4 Å². The van der Waals surface area contributed by atoms with Crippen LogP contribution in [0.5, 0.6) is 0 Å². The van der Waals surface area contributed by atoms with E-state index in [2.05, 4.69) is 26.7 Å². The van der Waals surface area contributed by atoms with Crippen LogP contribution in [0.15, 0.2) is 85.2 Å². The summed E-state index contributed by atoms with van der Waals surface area (Å²) < 4.78 is 7.00. The first-order valence-corrected chi connectivity index (χ1v) is 12.3. The molecule has 1 aromatic heterocycles. The van der Waals surface area contributed by atoms with Gasteiger partial charge >= 0.3 is 0 Å². The lowest BCUT2D eigenvalue weighted by molar-refractivity contribution is -0.115. The fourth-order valence-corrected chi connectivity index (χ4v) is 4.24. The third kappa shape index (κ3) is 6.06. The van der Waals surface area contributed by atoms with Gasteiger partial charge in [0.2, 0.25) is 5.91 Å². The van der Waals surface area contributed by atoms with Crippen molar-refractivity contribution in [3.63, 3.8) is 0 Å². The minimum Gasteiger partial charge on any atom is -0.378 e. The van der Waals surface area contributed by atoms with Crippen molar-refractivity contribution < 1.29 is 14.3 Å². The summed E-state index contributed by atoms with van der Waals surface area (Å²) in [4.78, 5) is 27.6. The third-order valence-electron chi connectivity index (χ3n) is 6.16. The molecule has 38 heavy (non-hydrogen) atoms. The maximum atomic E-state index is 12.9. The van der Waals surface area contributed by atoms with E-state index in [0.29, 0.717) is 28.2 Å². The minimum atomic E-state index is -0.230. The van der Waals surface area contributed by atoms with Crippen LogP contribution >= 0.6 is 0 Å². The highest BCUT2D eigenvalue weighted by atomic mass is 16.5. The summed E-state index contributed by atoms with van der Waals surface area (Å²) in [5.41, 5.74) is 4.77. The van der Waals surface area contributed by atoms with E-state index < -0.39 is 0 Å². The number of nitriles is 1. The molecular formula is C29H26N6O3. The van der Waals surface area contributed by atoms with E-state index >= 15 is 0 Å². The normalized spacial score (nSPS) is 13.0. The standard InChI is InChI=1S/C29H26N6O3/c30-18-22-4-1-3-21(15-22)16-28(36)32-25-19-31-35(20-25)27-6-2-5-23(17-27)29(37)33-24-7-9-26(10-8-24)34-11-13-38-14-12-34/h1-10,15,17,19-20H,11-14,16H2,(H,32,36)(H,33,37). The van der Waals surface area contributed by atoms with Crippen LogP contribution in [0.25, 0.3) is 5.69 Å². The molecule has 1 fully saturated rings. The number of carbonyl (C=O) groups excluding carboxylic acids is 2. The maximum Gasteiger partial charge on any atom is 0.255 e. The Morgan fingerprint density at radius 3 is 2.50 bits per heavy atom. The first kappa shape index (κ1) is 24.7. The molecule has 2 amide bonds. The zero-order valence-electron chi connectivity index (χ0n) is 20.6. The molecule has 0 aliphatic carbocycles. The largest absolute Gasteiger partial charge is 0.378 e. The molecule has 190 valence electrons. The first-order chi connectivity index (χ1) is 18.6. The molecule has 1 aliphatic rings. The topological polar surface area (TPSA) is 112 Å². The molecular weight excluding hydrogens is 480 g/mol. The average molecular weight is 507 g/mol. The van der Waals surface area contributed by atoms with Crippen LogP contribution in [0.4, 0.5) is 17.1 Å². The second kappa shape index (κ2) is 11.4. The van der Waals surface area contributed by atoms with Gasteiger partial charge in [-0.25, -0.2) is 4.68 Å². The van der Waals surface area contributed by atoms with Crippen molar-refractivity contribution in [3.05, 3.63) is 102 Å². The second-order valence-electron chi connectivity index (χ2n) is 8.86. The van der Waals surface area contributed by atoms with Crippen molar-refractivity contribution in [3.8, 4) is 11.8 Å². The lowest BCUT2D eigenvalue weighted by Gasteiger charge is -2.28. The quantitative estimate of drug-likeness (QED) is 0.392. The average Bonchev–Trinajstić information content (AvgIpc) is 3.42. The fourth-order valence-electron chi connectivity index (χ4n) is 4.24. The van der Waals surface area contributed by atoms with E-state index in [-0.39, 0.29) is 18.2 Å². The number of carbonyl (C=O) groups is 2. The van der Waals surface area contributed by atoms with Gasteiger partial charge in [-0.15, -0.1) is 0 Å². The number of nitrogens with zero attached hydrogens (tertiary/aromatic N) is 4. The van der Waals surface area contributed by atoms with Crippen molar-refractivity contribution in [2.24, 2.45) is 0 Å². The predicted octanol–water partition coefficient (Wildman–Crippen LogP) is 4.01. The molecule has 2 N–H and O–H groups in total. The fraction of sp³-hybridized carbons (Fsp3) is 0.172. The Kier molecular flexibility index (Phi) is 7.43. The smallest absolute Gasteiger partial charge is 0.255 e. The number of benzene rings is 3. The van der Waals surface area contributed by atoms with Crippen LogP contribution < -0.4 is 15.5 Å². The van der Waals surface area contributed by atoms with E-state index in [9.17, 15) is 9.59 Å². The number of hydrogen-bond donors (Lipinski definition) is 2. The zero-order chi connectivity index (χ0) is 26.3. The van der Waals surface area contributed by atoms with Gasteiger partial charge in [-0.05, 0) is 60.2 Å². The molecule has 0 spiro atoms. The number of ether oxygens (including phenoxy) is 1. The van der Waals surface area contributed by atoms with E-state index in [4.69, 9.17) is 10.00 Å². The number of nitrogens with one attached hydrogen (secondary N) is 2. The number of rotatable bonds is 7. The summed E-state index contributed by atoms with van der Waals surface area (Å²) in [6.07, 6.45) is 3.38. The molecule has 0 bridgehead atoms. The molecule has 2 heterocycles. The zero-order valence-corrected chi connectivity index (χ0v) is 20.6. The van der Waals surface area contributed by atoms with Gasteiger partial charge in [0.05, 0.1) is 55.0 Å². The van der Waals surface area contributed by atoms with Crippen LogP contribution in [-0.2, 0) is 16.0 Å². The van der Waals surface area contributed by atoms with E-state index in [1.807, 2.05) is 30.3 Å². The highest BCUT2D eigenvalue weighted by molar-refractivity contribution is 6.04. The Labute approximate surface area is 220 Å². The lowest BCUT2D eigenvalue weighted by atomic mass is 10.1. The predicted molar refractivity (Wildman–Crippen MR) is 144 cm³/mol. The molecule has 5 rings (SSSR count). The molecule has 9 heteroatoms. The van der Waals surface area contributed by atoms with Gasteiger partial charge in [-0.3, -0.25) is 9.59 Å². The Balaban J connectivity index is 1.21. The summed E-state index contributed by atoms with van der Waals surface area (Å²) >= 11 is 0. The monoisotopic (exact) mass is 506 g/mol. The van der Waals surface area contributed by atoms with Gasteiger partial charge in [0.1, 0.15) is 0 Å². The molecule has 0 atom stereocenters. The highest BCUT2D eigenvalue weighted by Gasteiger charge is 2.13. The number of anilines is 3. The Hall–Kier alpha value is -4.94. The molecule has 4 aromatic rings. The lowest BCUT2D eigenvalue weighted by Crippen LogP contribution is -2.36. The van der Waals surface area contributed by atoms with Gasteiger partial charge in [-0.1, -0.05) is 18.2 Å². The summed E-state index contributed by atoms with van der Waals surface area (Å²) in [6, 6.07) is 23.9. The minimum absolute atomic E-state index is 0.143. The number of hydrogen-bond acceptors (Lipinski definition) is 6. The van der Waals surface area contributed by atoms with E-state index in [1.165, 1.54) is 0 Å². The van der Waals surface area contributed by atoms with Crippen molar-refractivity contribution >= 4 is 28.9 Å². The van der Waals surface area contributed by atoms with Gasteiger partial charge < -0.3 is 20.3 Å². The molecule has 1 saturated heterocycles. The number of aromatic nitrogens is 2. The van der Waals surface area contributed by atoms with Crippen molar-refractivity contribution in [1.29, 1.82) is 5.26 Å². The Bertz CT molecular complexity index is 1480. The van der Waals surface area contributed by atoms with Crippen LogP contribution in [0.1, 0.15) is 21.5 Å². The summed E-state index contributed by atoms with van der Waals surface area (Å²) in [6.45, 7) is 3.15. The first-order valence-electron chi connectivity index (χ1n) is 12.3. The van der Waals surface area contributed by atoms with Crippen molar-refractivity contribution in [1.82, 2.24) is 9.78 Å². The van der Waals surface area contributed by atoms with E-state index in [0.717, 1.165) is 37.6 Å². The van der Waals surface area contributed by atoms with Gasteiger partial charge in [0.25, 0.3) is 5.91 Å². The summed E-state index contributed by atoms with van der Waals surface area (Å²) in [5.74, 6) is -0.446. The molecule has 0 saturated carbocycles. The molecule has 1 aliphatic heterocycles. The van der Waals surface area contributed by atoms with Crippen LogP contribution in [0, 0.1) is 11.3 Å². The second-order valence-corrected chi connectivity index (χ2v) is 8.86. The van der Waals surface area contributed by atoms with Gasteiger partial charge in [0.15, 0.2) is 0 Å². The molecule has 3 aromatic carbocycles. The van der Waals surface area contributed by atoms with Crippen molar-refractivity contribution in [2.75, 3.05) is 41.8 Å².